The molecule has 0 aliphatic carbocycles. The fourth-order valence-corrected chi connectivity index (χ4v) is 3.49. The number of anilines is 1. The molecule has 0 radical (unpaired) electrons. The van der Waals surface area contributed by atoms with Crippen LogP contribution in [-0.4, -0.2) is 70.4 Å². The van der Waals surface area contributed by atoms with E-state index in [9.17, 15) is 4.79 Å². The second-order valence-electron chi connectivity index (χ2n) is 7.76. The molecule has 2 aliphatic heterocycles. The zero-order chi connectivity index (χ0) is 17.9. The van der Waals surface area contributed by atoms with Crippen molar-refractivity contribution < 1.29 is 9.53 Å². The van der Waals surface area contributed by atoms with E-state index in [-0.39, 0.29) is 12.3 Å². The molecule has 2 saturated heterocycles. The number of piperazine rings is 1. The molecule has 0 bridgehead atoms. The van der Waals surface area contributed by atoms with E-state index in [1.165, 1.54) is 19.3 Å². The van der Waals surface area contributed by atoms with Crippen LogP contribution in [0.2, 0.25) is 0 Å². The van der Waals surface area contributed by atoms with Crippen LogP contribution in [0.3, 0.4) is 0 Å². The highest BCUT2D eigenvalue weighted by Crippen LogP contribution is 2.23. The van der Waals surface area contributed by atoms with Gasteiger partial charge in [0.2, 0.25) is 0 Å². The number of carbonyl (C=O) groups excluding carboxylic acids is 1. The molecule has 1 aromatic heterocycles. The van der Waals surface area contributed by atoms with Gasteiger partial charge in [0.05, 0.1) is 12.7 Å². The molecule has 0 aromatic carbocycles. The van der Waals surface area contributed by atoms with Crippen LogP contribution in [0.15, 0.2) is 18.6 Å². The molecular formula is C18H29N5O2. The van der Waals surface area contributed by atoms with Gasteiger partial charge in [-0.05, 0) is 33.6 Å². The van der Waals surface area contributed by atoms with Crippen molar-refractivity contribution in [3.05, 3.63) is 18.6 Å². The minimum absolute atomic E-state index is 0.0194. The molecule has 2 fully saturated rings. The smallest absolute Gasteiger partial charge is 0.411 e. The van der Waals surface area contributed by atoms with Crippen molar-refractivity contribution >= 4 is 11.9 Å². The van der Waals surface area contributed by atoms with Gasteiger partial charge in [0.15, 0.2) is 0 Å². The summed E-state index contributed by atoms with van der Waals surface area (Å²) in [6, 6.07) is 0. The van der Waals surface area contributed by atoms with Crippen LogP contribution in [0.25, 0.3) is 0 Å². The molecule has 1 atom stereocenters. The lowest BCUT2D eigenvalue weighted by molar-refractivity contribution is -0.0201. The zero-order valence-corrected chi connectivity index (χ0v) is 15.5. The molecule has 25 heavy (non-hydrogen) atoms. The van der Waals surface area contributed by atoms with E-state index >= 15 is 0 Å². The normalized spacial score (nSPS) is 22.8. The summed E-state index contributed by atoms with van der Waals surface area (Å²) in [4.78, 5) is 27.9. The second kappa shape index (κ2) is 7.56. The summed E-state index contributed by atoms with van der Waals surface area (Å²) < 4.78 is 5.65. The van der Waals surface area contributed by atoms with Crippen molar-refractivity contribution in [2.75, 3.05) is 37.6 Å². The molecule has 1 amide bonds. The Morgan fingerprint density at radius 1 is 1.12 bits per heavy atom. The van der Waals surface area contributed by atoms with E-state index in [0.29, 0.717) is 6.54 Å². The molecule has 0 saturated carbocycles. The van der Waals surface area contributed by atoms with Crippen LogP contribution in [0.5, 0.6) is 0 Å². The molecule has 0 spiro atoms. The Balaban J connectivity index is 1.77. The predicted octanol–water partition coefficient (Wildman–Crippen LogP) is 2.35. The van der Waals surface area contributed by atoms with Crippen LogP contribution in [0.4, 0.5) is 10.6 Å². The van der Waals surface area contributed by atoms with Crippen molar-refractivity contribution in [2.24, 2.45) is 0 Å². The van der Waals surface area contributed by atoms with Crippen molar-refractivity contribution in [3.63, 3.8) is 0 Å². The van der Waals surface area contributed by atoms with Gasteiger partial charge < -0.3 is 9.64 Å². The Labute approximate surface area is 150 Å². The topological polar surface area (TPSA) is 61.8 Å². The summed E-state index contributed by atoms with van der Waals surface area (Å²) >= 11 is 0. The SMILES string of the molecule is CC(C)(C)OC(=O)N1CCN(c2cnccn2)CC1N1CCCCC1. The lowest BCUT2D eigenvalue weighted by Gasteiger charge is -2.47. The van der Waals surface area contributed by atoms with Crippen LogP contribution < -0.4 is 4.90 Å². The molecule has 3 heterocycles. The Morgan fingerprint density at radius 2 is 1.88 bits per heavy atom. The van der Waals surface area contributed by atoms with E-state index in [4.69, 9.17) is 4.74 Å². The highest BCUT2D eigenvalue weighted by molar-refractivity contribution is 5.69. The Hall–Kier alpha value is -1.89. The average molecular weight is 347 g/mol. The van der Waals surface area contributed by atoms with Crippen molar-refractivity contribution in [2.45, 2.75) is 51.8 Å². The van der Waals surface area contributed by atoms with Gasteiger partial charge in [-0.2, -0.15) is 0 Å². The molecule has 138 valence electrons. The van der Waals surface area contributed by atoms with Gasteiger partial charge in [-0.3, -0.25) is 14.8 Å². The first-order chi connectivity index (χ1) is 11.9. The number of hydrogen-bond donors (Lipinski definition) is 0. The quantitative estimate of drug-likeness (QED) is 0.818. The first kappa shape index (κ1) is 17.9. The minimum Gasteiger partial charge on any atom is -0.444 e. The third-order valence-electron chi connectivity index (χ3n) is 4.67. The molecule has 0 N–H and O–H groups in total. The van der Waals surface area contributed by atoms with Gasteiger partial charge in [-0.15, -0.1) is 0 Å². The lowest BCUT2D eigenvalue weighted by Crippen LogP contribution is -2.63. The third kappa shape index (κ3) is 4.60. The highest BCUT2D eigenvalue weighted by Gasteiger charge is 2.37. The predicted molar refractivity (Wildman–Crippen MR) is 96.4 cm³/mol. The van der Waals surface area contributed by atoms with Crippen LogP contribution >= 0.6 is 0 Å². The first-order valence-corrected chi connectivity index (χ1v) is 9.19. The van der Waals surface area contributed by atoms with Crippen molar-refractivity contribution in [1.82, 2.24) is 19.8 Å². The fourth-order valence-electron chi connectivity index (χ4n) is 3.49. The van der Waals surface area contributed by atoms with E-state index in [2.05, 4.69) is 19.8 Å². The molecular weight excluding hydrogens is 318 g/mol. The summed E-state index contributed by atoms with van der Waals surface area (Å²) in [5, 5.41) is 0. The maximum absolute atomic E-state index is 12.7. The molecule has 7 heteroatoms. The molecule has 2 aliphatic rings. The van der Waals surface area contributed by atoms with Gasteiger partial charge in [-0.1, -0.05) is 6.42 Å². The van der Waals surface area contributed by atoms with Crippen molar-refractivity contribution in [3.8, 4) is 0 Å². The number of likely N-dealkylation sites (tertiary alicyclic amines) is 1. The molecule has 1 aromatic rings. The van der Waals surface area contributed by atoms with Crippen LogP contribution in [-0.2, 0) is 4.74 Å². The summed E-state index contributed by atoms with van der Waals surface area (Å²) in [5.41, 5.74) is -0.481. The number of piperidine rings is 1. The standard InChI is InChI=1S/C18H29N5O2/c1-18(2,3)25-17(24)23-12-11-22(15-13-19-7-8-20-15)14-16(23)21-9-5-4-6-10-21/h7-8,13,16H,4-6,9-12,14H2,1-3H3. The first-order valence-electron chi connectivity index (χ1n) is 9.19. The van der Waals surface area contributed by atoms with Gasteiger partial charge in [-0.25, -0.2) is 9.78 Å². The average Bonchev–Trinajstić information content (AvgIpc) is 2.61. The van der Waals surface area contributed by atoms with Crippen LogP contribution in [0, 0.1) is 0 Å². The summed E-state index contributed by atoms with van der Waals surface area (Å²) in [7, 11) is 0. The summed E-state index contributed by atoms with van der Waals surface area (Å²) in [6.07, 6.45) is 8.62. The number of amides is 1. The fraction of sp³-hybridized carbons (Fsp3) is 0.722. The van der Waals surface area contributed by atoms with Crippen molar-refractivity contribution in [1.29, 1.82) is 0 Å². The van der Waals surface area contributed by atoms with E-state index < -0.39 is 5.60 Å². The molecule has 1 unspecified atom stereocenters. The maximum Gasteiger partial charge on any atom is 0.411 e. The number of aromatic nitrogens is 2. The summed E-state index contributed by atoms with van der Waals surface area (Å²) in [5.74, 6) is 0.869. The number of nitrogens with zero attached hydrogens (tertiary/aromatic N) is 5. The second-order valence-corrected chi connectivity index (χ2v) is 7.76. The van der Waals surface area contributed by atoms with E-state index in [1.807, 2.05) is 25.7 Å². The zero-order valence-electron chi connectivity index (χ0n) is 15.5. The highest BCUT2D eigenvalue weighted by atomic mass is 16.6. The molecule has 3 rings (SSSR count). The number of hydrogen-bond acceptors (Lipinski definition) is 6. The maximum atomic E-state index is 12.7. The monoisotopic (exact) mass is 347 g/mol. The van der Waals surface area contributed by atoms with Gasteiger partial charge in [0.1, 0.15) is 17.6 Å². The van der Waals surface area contributed by atoms with Crippen LogP contribution in [0.1, 0.15) is 40.0 Å². The Morgan fingerprint density at radius 3 is 2.52 bits per heavy atom. The third-order valence-corrected chi connectivity index (χ3v) is 4.67. The van der Waals surface area contributed by atoms with E-state index in [1.54, 1.807) is 18.6 Å². The lowest BCUT2D eigenvalue weighted by atomic mass is 10.1. The van der Waals surface area contributed by atoms with Gasteiger partial charge >= 0.3 is 6.09 Å². The number of ether oxygens (including phenoxy) is 1. The van der Waals surface area contributed by atoms with Gasteiger partial charge in [0.25, 0.3) is 0 Å². The number of rotatable bonds is 2. The number of carbonyl (C=O) groups is 1. The van der Waals surface area contributed by atoms with Gasteiger partial charge in [0, 0.05) is 38.6 Å². The minimum atomic E-state index is -0.481. The van der Waals surface area contributed by atoms with E-state index in [0.717, 1.165) is 32.0 Å². The Kier molecular flexibility index (Phi) is 5.42. The largest absolute Gasteiger partial charge is 0.444 e. The Bertz CT molecular complexity index is 569. The summed E-state index contributed by atoms with van der Waals surface area (Å²) in [6.45, 7) is 9.90. The molecule has 7 nitrogen and oxygen atoms in total.